The van der Waals surface area contributed by atoms with Gasteiger partial charge in [0.15, 0.2) is 0 Å². The van der Waals surface area contributed by atoms with Gasteiger partial charge < -0.3 is 10.1 Å². The van der Waals surface area contributed by atoms with Crippen LogP contribution in [0.3, 0.4) is 0 Å². The third kappa shape index (κ3) is 3.71. The van der Waals surface area contributed by atoms with Gasteiger partial charge in [0.05, 0.1) is 29.1 Å². The molecule has 2 unspecified atom stereocenters. The smallest absolute Gasteiger partial charge is 0.0835 e. The van der Waals surface area contributed by atoms with Crippen LogP contribution in [0.1, 0.15) is 52.4 Å². The number of halogens is 1. The van der Waals surface area contributed by atoms with E-state index in [0.29, 0.717) is 17.5 Å². The van der Waals surface area contributed by atoms with E-state index in [4.69, 9.17) is 16.3 Å². The average molecular weight is 288 g/mol. The quantitative estimate of drug-likeness (QED) is 0.835. The molecule has 0 aromatic carbocycles. The second kappa shape index (κ2) is 7.27. The van der Waals surface area contributed by atoms with Crippen molar-refractivity contribution in [3.8, 4) is 0 Å². The maximum Gasteiger partial charge on any atom is 0.0835 e. The van der Waals surface area contributed by atoms with Crippen LogP contribution in [0.4, 0.5) is 0 Å². The zero-order chi connectivity index (χ0) is 14.6. The summed E-state index contributed by atoms with van der Waals surface area (Å²) in [5.74, 6) is 0.393. The second-order valence-corrected chi connectivity index (χ2v) is 5.75. The molecule has 5 heteroatoms. The number of nitrogens with zero attached hydrogens (tertiary/aromatic N) is 2. The fourth-order valence-electron chi connectivity index (χ4n) is 2.38. The Bertz CT molecular complexity index is 390. The van der Waals surface area contributed by atoms with Gasteiger partial charge in [0.1, 0.15) is 0 Å². The Kier molecular flexibility index (Phi) is 6.30. The predicted octanol–water partition coefficient (Wildman–Crippen LogP) is 3.44. The van der Waals surface area contributed by atoms with Crippen molar-refractivity contribution in [2.24, 2.45) is 5.92 Å². The molecule has 0 fully saturated rings. The second-order valence-electron chi connectivity index (χ2n) is 5.35. The highest BCUT2D eigenvalue weighted by Gasteiger charge is 2.30. The molecule has 19 heavy (non-hydrogen) atoms. The number of ether oxygens (including phenoxy) is 1. The summed E-state index contributed by atoms with van der Waals surface area (Å²) >= 11 is 6.33. The van der Waals surface area contributed by atoms with Gasteiger partial charge in [-0.15, -0.1) is 0 Å². The summed E-state index contributed by atoms with van der Waals surface area (Å²) in [6.07, 6.45) is 1.78. The summed E-state index contributed by atoms with van der Waals surface area (Å²) in [6, 6.07) is 0.310. The molecule has 1 aromatic rings. The number of rotatable bonds is 7. The van der Waals surface area contributed by atoms with Crippen LogP contribution in [0, 0.1) is 5.92 Å². The summed E-state index contributed by atoms with van der Waals surface area (Å²) in [6.45, 7) is 11.2. The Morgan fingerprint density at radius 1 is 1.37 bits per heavy atom. The fraction of sp³-hybridized carbons (Fsp3) is 0.786. The SMILES string of the molecule is CCOC(C(C)C)C(NC)c1c(Cl)cnn1C(C)C. The third-order valence-corrected chi connectivity index (χ3v) is 3.52. The molecule has 0 aliphatic heterocycles. The molecule has 2 atom stereocenters. The zero-order valence-corrected chi connectivity index (χ0v) is 13.5. The molecule has 0 radical (unpaired) electrons. The lowest BCUT2D eigenvalue weighted by Crippen LogP contribution is -2.37. The molecule has 1 rings (SSSR count). The van der Waals surface area contributed by atoms with Crippen molar-refractivity contribution >= 4 is 11.6 Å². The van der Waals surface area contributed by atoms with E-state index < -0.39 is 0 Å². The van der Waals surface area contributed by atoms with Gasteiger partial charge in [-0.2, -0.15) is 5.10 Å². The average Bonchev–Trinajstić information content (AvgIpc) is 2.71. The minimum absolute atomic E-state index is 0.0392. The Morgan fingerprint density at radius 2 is 2.00 bits per heavy atom. The van der Waals surface area contributed by atoms with E-state index in [9.17, 15) is 0 Å². The largest absolute Gasteiger partial charge is 0.376 e. The van der Waals surface area contributed by atoms with E-state index in [-0.39, 0.29) is 18.2 Å². The molecule has 0 spiro atoms. The topological polar surface area (TPSA) is 39.1 Å². The van der Waals surface area contributed by atoms with Crippen molar-refractivity contribution in [2.45, 2.75) is 52.8 Å². The normalized spacial score (nSPS) is 15.2. The molecule has 1 heterocycles. The lowest BCUT2D eigenvalue weighted by molar-refractivity contribution is 0.00235. The number of hydrogen-bond acceptors (Lipinski definition) is 3. The predicted molar refractivity (Wildman–Crippen MR) is 79.7 cm³/mol. The first-order valence-electron chi connectivity index (χ1n) is 6.95. The van der Waals surface area contributed by atoms with Gasteiger partial charge >= 0.3 is 0 Å². The van der Waals surface area contributed by atoms with Crippen LogP contribution in [0.5, 0.6) is 0 Å². The van der Waals surface area contributed by atoms with Gasteiger partial charge in [-0.25, -0.2) is 0 Å². The van der Waals surface area contributed by atoms with Crippen molar-refractivity contribution in [3.63, 3.8) is 0 Å². The van der Waals surface area contributed by atoms with E-state index in [1.165, 1.54) is 0 Å². The van der Waals surface area contributed by atoms with Crippen molar-refractivity contribution in [3.05, 3.63) is 16.9 Å². The van der Waals surface area contributed by atoms with Crippen molar-refractivity contribution in [1.29, 1.82) is 0 Å². The van der Waals surface area contributed by atoms with Crippen LogP contribution in [0.2, 0.25) is 5.02 Å². The molecule has 0 bridgehead atoms. The molecular formula is C14H26ClN3O. The van der Waals surface area contributed by atoms with E-state index >= 15 is 0 Å². The van der Waals surface area contributed by atoms with E-state index in [1.807, 2.05) is 18.7 Å². The first kappa shape index (κ1) is 16.5. The molecule has 0 aliphatic rings. The monoisotopic (exact) mass is 287 g/mol. The summed E-state index contributed by atoms with van der Waals surface area (Å²) in [5, 5.41) is 8.40. The highest BCUT2D eigenvalue weighted by Crippen LogP contribution is 2.31. The van der Waals surface area contributed by atoms with E-state index in [0.717, 1.165) is 5.69 Å². The van der Waals surface area contributed by atoms with Crippen LogP contribution in [-0.2, 0) is 4.74 Å². The van der Waals surface area contributed by atoms with Gasteiger partial charge in [0.2, 0.25) is 0 Å². The highest BCUT2D eigenvalue weighted by molar-refractivity contribution is 6.31. The molecule has 0 saturated carbocycles. The lowest BCUT2D eigenvalue weighted by Gasteiger charge is -2.31. The van der Waals surface area contributed by atoms with Gasteiger partial charge in [0, 0.05) is 12.6 Å². The Balaban J connectivity index is 3.17. The van der Waals surface area contributed by atoms with Gasteiger partial charge in [-0.05, 0) is 33.7 Å². The van der Waals surface area contributed by atoms with Gasteiger partial charge in [-0.3, -0.25) is 4.68 Å². The van der Waals surface area contributed by atoms with Crippen LogP contribution >= 0.6 is 11.6 Å². The fourth-order valence-corrected chi connectivity index (χ4v) is 2.62. The van der Waals surface area contributed by atoms with Crippen LogP contribution in [0.15, 0.2) is 6.20 Å². The maximum absolute atomic E-state index is 6.33. The minimum Gasteiger partial charge on any atom is -0.376 e. The molecule has 4 nitrogen and oxygen atoms in total. The van der Waals surface area contributed by atoms with Crippen molar-refractivity contribution in [2.75, 3.05) is 13.7 Å². The Morgan fingerprint density at radius 3 is 2.42 bits per heavy atom. The van der Waals surface area contributed by atoms with Gasteiger partial charge in [-0.1, -0.05) is 25.4 Å². The number of hydrogen-bond donors (Lipinski definition) is 1. The summed E-state index contributed by atoms with van der Waals surface area (Å²) < 4.78 is 7.88. The summed E-state index contributed by atoms with van der Waals surface area (Å²) in [5.41, 5.74) is 1.01. The van der Waals surface area contributed by atoms with Crippen LogP contribution in [-0.4, -0.2) is 29.5 Å². The molecule has 1 N–H and O–H groups in total. The zero-order valence-electron chi connectivity index (χ0n) is 12.8. The first-order chi connectivity index (χ1) is 8.93. The molecule has 0 aliphatic carbocycles. The van der Waals surface area contributed by atoms with Crippen LogP contribution in [0.25, 0.3) is 0 Å². The first-order valence-corrected chi connectivity index (χ1v) is 7.33. The lowest BCUT2D eigenvalue weighted by atomic mass is 9.96. The molecule has 0 amide bonds. The summed E-state index contributed by atoms with van der Waals surface area (Å²) in [7, 11) is 1.94. The molecule has 1 aromatic heterocycles. The maximum atomic E-state index is 6.33. The Hall–Kier alpha value is -0.580. The number of aromatic nitrogens is 2. The van der Waals surface area contributed by atoms with Crippen LogP contribution < -0.4 is 5.32 Å². The van der Waals surface area contributed by atoms with Crippen molar-refractivity contribution in [1.82, 2.24) is 15.1 Å². The summed E-state index contributed by atoms with van der Waals surface area (Å²) in [4.78, 5) is 0. The minimum atomic E-state index is 0.0392. The molecule has 0 saturated heterocycles. The third-order valence-electron chi connectivity index (χ3n) is 3.23. The van der Waals surface area contributed by atoms with E-state index in [2.05, 4.69) is 38.1 Å². The standard InChI is InChI=1S/C14H26ClN3O/c1-7-19-14(9(2)3)12(16-6)13-11(15)8-17-18(13)10(4)5/h8-10,12,14,16H,7H2,1-6H3. The van der Waals surface area contributed by atoms with Crippen molar-refractivity contribution < 1.29 is 4.74 Å². The number of nitrogens with one attached hydrogen (secondary N) is 1. The molecular weight excluding hydrogens is 262 g/mol. The van der Waals surface area contributed by atoms with E-state index in [1.54, 1.807) is 6.20 Å². The molecule has 110 valence electrons. The Labute approximate surface area is 121 Å². The van der Waals surface area contributed by atoms with Gasteiger partial charge in [0.25, 0.3) is 0 Å². The number of likely N-dealkylation sites (N-methyl/N-ethyl adjacent to an activating group) is 1. The highest BCUT2D eigenvalue weighted by atomic mass is 35.5.